The van der Waals surface area contributed by atoms with Gasteiger partial charge in [-0.2, -0.15) is 13.2 Å². The van der Waals surface area contributed by atoms with Gasteiger partial charge in [-0.15, -0.1) is 0 Å². The lowest BCUT2D eigenvalue weighted by atomic mass is 9.51. The van der Waals surface area contributed by atoms with Crippen molar-refractivity contribution in [3.63, 3.8) is 0 Å². The average Bonchev–Trinajstić information content (AvgIpc) is 3.12. The van der Waals surface area contributed by atoms with Crippen molar-refractivity contribution in [3.05, 3.63) is 47.2 Å². The topological polar surface area (TPSA) is 42.1 Å². The summed E-state index contributed by atoms with van der Waals surface area (Å²) in [5.41, 5.74) is 1.46. The summed E-state index contributed by atoms with van der Waals surface area (Å²) < 4.78 is 45.1. The number of alkyl halides is 3. The van der Waals surface area contributed by atoms with Crippen molar-refractivity contribution in [1.29, 1.82) is 0 Å². The zero-order valence-corrected chi connectivity index (χ0v) is 18.5. The Balaban J connectivity index is 1.75. The molecule has 4 atom stereocenters. The lowest BCUT2D eigenvalue weighted by Gasteiger charge is -2.52. The van der Waals surface area contributed by atoms with Crippen LogP contribution in [0, 0.1) is 22.7 Å². The molecule has 2 aromatic rings. The Morgan fingerprint density at radius 2 is 2.00 bits per heavy atom. The number of aromatic amines is 1. The Labute approximate surface area is 181 Å². The van der Waals surface area contributed by atoms with E-state index in [1.54, 1.807) is 0 Å². The van der Waals surface area contributed by atoms with Crippen LogP contribution in [0.5, 0.6) is 0 Å². The van der Waals surface area contributed by atoms with Crippen LogP contribution in [0.25, 0.3) is 10.9 Å². The maximum Gasteiger partial charge on any atom is 0.416 e. The molecule has 0 spiro atoms. The van der Waals surface area contributed by atoms with Gasteiger partial charge in [0.15, 0.2) is 0 Å². The Morgan fingerprint density at radius 1 is 1.26 bits per heavy atom. The Kier molecular flexibility index (Phi) is 5.26. The van der Waals surface area contributed by atoms with E-state index >= 15 is 0 Å². The number of carbonyl (C=O) groups is 1. The van der Waals surface area contributed by atoms with E-state index in [4.69, 9.17) is 4.74 Å². The molecule has 1 saturated carbocycles. The number of aromatic nitrogens is 1. The van der Waals surface area contributed by atoms with Gasteiger partial charge in [0.25, 0.3) is 0 Å². The largest absolute Gasteiger partial charge is 0.469 e. The van der Waals surface area contributed by atoms with E-state index in [9.17, 15) is 18.0 Å². The first kappa shape index (κ1) is 22.0. The molecule has 0 unspecified atom stereocenters. The number of carbonyl (C=O) groups excluding carboxylic acids is 1. The van der Waals surface area contributed by atoms with Gasteiger partial charge in [0, 0.05) is 17.1 Å². The van der Waals surface area contributed by atoms with E-state index in [0.717, 1.165) is 37.3 Å². The van der Waals surface area contributed by atoms with Crippen LogP contribution in [0.2, 0.25) is 0 Å². The molecule has 2 aliphatic rings. The normalized spacial score (nSPS) is 31.3. The molecule has 1 heterocycles. The van der Waals surface area contributed by atoms with Crippen molar-refractivity contribution in [2.45, 2.75) is 59.1 Å². The number of halogens is 3. The lowest BCUT2D eigenvalue weighted by Crippen LogP contribution is -2.48. The van der Waals surface area contributed by atoms with Crippen LogP contribution in [-0.4, -0.2) is 18.1 Å². The molecule has 1 aromatic heterocycles. The van der Waals surface area contributed by atoms with E-state index in [1.165, 1.54) is 24.8 Å². The molecule has 6 heteroatoms. The molecule has 0 aliphatic heterocycles. The van der Waals surface area contributed by atoms with Crippen LogP contribution in [0.3, 0.4) is 0 Å². The number of fused-ring (bicyclic) bond motifs is 2. The Hall–Kier alpha value is -2.24. The van der Waals surface area contributed by atoms with E-state index in [1.807, 2.05) is 13.1 Å². The van der Waals surface area contributed by atoms with Crippen LogP contribution >= 0.6 is 0 Å². The number of benzene rings is 1. The van der Waals surface area contributed by atoms with Crippen molar-refractivity contribution in [2.75, 3.05) is 7.11 Å². The highest BCUT2D eigenvalue weighted by molar-refractivity contribution is 5.84. The molecule has 1 aromatic carbocycles. The fourth-order valence-electron chi connectivity index (χ4n) is 5.96. The summed E-state index contributed by atoms with van der Waals surface area (Å²) in [7, 11) is 1.44. The molecule has 168 valence electrons. The number of methoxy groups -OCH3 is 1. The number of hydrogen-bond donors (Lipinski definition) is 1. The summed E-state index contributed by atoms with van der Waals surface area (Å²) in [5, 5.41) is 0.623. The van der Waals surface area contributed by atoms with Gasteiger partial charge in [-0.1, -0.05) is 25.5 Å². The van der Waals surface area contributed by atoms with Crippen molar-refractivity contribution in [2.24, 2.45) is 22.7 Å². The highest BCUT2D eigenvalue weighted by Gasteiger charge is 2.53. The minimum atomic E-state index is -4.37. The standard InChI is InChI=1S/C25H30F3NO2/c1-15-7-9-20-19(6-5-11-23(20,2)22(30)31-4)24(15,3)13-16-14-29-21-10-8-17(12-18(16)21)25(26,27)28/h6,8,10,12,14-15,20,29H,5,7,9,11,13H2,1-4H3/t15-,20+,23+,24+/m1/s1. The van der Waals surface area contributed by atoms with Gasteiger partial charge in [-0.05, 0) is 80.0 Å². The third kappa shape index (κ3) is 3.48. The van der Waals surface area contributed by atoms with E-state index in [-0.39, 0.29) is 17.3 Å². The number of hydrogen-bond acceptors (Lipinski definition) is 2. The van der Waals surface area contributed by atoms with Crippen LogP contribution in [0.4, 0.5) is 13.2 Å². The fraction of sp³-hybridized carbons (Fsp3) is 0.560. The smallest absolute Gasteiger partial charge is 0.416 e. The predicted octanol–water partition coefficient (Wildman–Crippen LogP) is 6.68. The lowest BCUT2D eigenvalue weighted by molar-refractivity contribution is -0.156. The highest BCUT2D eigenvalue weighted by Crippen LogP contribution is 2.58. The first-order valence-electron chi connectivity index (χ1n) is 11.0. The number of ether oxygens (including phenoxy) is 1. The van der Waals surface area contributed by atoms with Gasteiger partial charge in [-0.3, -0.25) is 4.79 Å². The molecular formula is C25H30F3NO2. The molecule has 3 nitrogen and oxygen atoms in total. The monoisotopic (exact) mass is 433 g/mol. The second-order valence-corrected chi connectivity index (χ2v) is 9.80. The van der Waals surface area contributed by atoms with E-state index in [2.05, 4.69) is 24.9 Å². The number of allylic oxidation sites excluding steroid dienone is 2. The summed E-state index contributed by atoms with van der Waals surface area (Å²) >= 11 is 0. The van der Waals surface area contributed by atoms with Gasteiger partial charge in [0.1, 0.15) is 0 Å². The maximum atomic E-state index is 13.3. The molecule has 4 rings (SSSR count). The molecule has 2 aliphatic carbocycles. The third-order valence-corrected chi connectivity index (χ3v) is 8.11. The SMILES string of the molecule is COC(=O)[C@@]1(C)CCC=C2[C@@H]1CC[C@@H](C)[C@]2(C)Cc1c[nH]c2ccc(C(F)(F)F)cc12. The summed E-state index contributed by atoms with van der Waals surface area (Å²) in [6, 6.07) is 3.88. The summed E-state index contributed by atoms with van der Waals surface area (Å²) in [6.45, 7) is 6.44. The second-order valence-electron chi connectivity index (χ2n) is 9.80. The highest BCUT2D eigenvalue weighted by atomic mass is 19.4. The Bertz CT molecular complexity index is 1040. The summed E-state index contributed by atoms with van der Waals surface area (Å²) in [5.74, 6) is 0.290. The molecule has 0 amide bonds. The third-order valence-electron chi connectivity index (χ3n) is 8.11. The number of esters is 1. The predicted molar refractivity (Wildman–Crippen MR) is 114 cm³/mol. The summed E-state index contributed by atoms with van der Waals surface area (Å²) in [4.78, 5) is 15.8. The van der Waals surface area contributed by atoms with Gasteiger partial charge in [0.05, 0.1) is 18.1 Å². The van der Waals surface area contributed by atoms with Crippen molar-refractivity contribution < 1.29 is 22.7 Å². The fourth-order valence-corrected chi connectivity index (χ4v) is 5.96. The quantitative estimate of drug-likeness (QED) is 0.433. The number of rotatable bonds is 3. The van der Waals surface area contributed by atoms with Crippen LogP contribution in [0.15, 0.2) is 36.0 Å². The molecule has 31 heavy (non-hydrogen) atoms. The average molecular weight is 434 g/mol. The van der Waals surface area contributed by atoms with Gasteiger partial charge in [-0.25, -0.2) is 0 Å². The zero-order chi connectivity index (χ0) is 22.6. The van der Waals surface area contributed by atoms with E-state index < -0.39 is 17.2 Å². The Morgan fingerprint density at radius 3 is 2.68 bits per heavy atom. The first-order valence-corrected chi connectivity index (χ1v) is 11.0. The minimum absolute atomic E-state index is 0.103. The molecular weight excluding hydrogens is 403 g/mol. The number of nitrogens with one attached hydrogen (secondary N) is 1. The van der Waals surface area contributed by atoms with Gasteiger partial charge < -0.3 is 9.72 Å². The minimum Gasteiger partial charge on any atom is -0.469 e. The van der Waals surface area contributed by atoms with Crippen molar-refractivity contribution in [3.8, 4) is 0 Å². The molecule has 1 N–H and O–H groups in total. The number of H-pyrrole nitrogens is 1. The maximum absolute atomic E-state index is 13.3. The molecule has 0 bridgehead atoms. The van der Waals surface area contributed by atoms with E-state index in [0.29, 0.717) is 23.2 Å². The van der Waals surface area contributed by atoms with Gasteiger partial charge in [0.2, 0.25) is 0 Å². The molecule has 1 fully saturated rings. The van der Waals surface area contributed by atoms with Crippen LogP contribution < -0.4 is 0 Å². The van der Waals surface area contributed by atoms with Crippen molar-refractivity contribution >= 4 is 16.9 Å². The van der Waals surface area contributed by atoms with Crippen molar-refractivity contribution in [1.82, 2.24) is 4.98 Å². The molecule has 0 saturated heterocycles. The summed E-state index contributed by atoms with van der Waals surface area (Å²) in [6.07, 6.45) is 3.86. The van der Waals surface area contributed by atoms with Gasteiger partial charge >= 0.3 is 12.1 Å². The van der Waals surface area contributed by atoms with Crippen LogP contribution in [0.1, 0.15) is 57.6 Å². The molecule has 0 radical (unpaired) electrons. The zero-order valence-electron chi connectivity index (χ0n) is 18.5. The van der Waals surface area contributed by atoms with Crippen LogP contribution in [-0.2, 0) is 22.1 Å². The second kappa shape index (κ2) is 7.42. The first-order chi connectivity index (χ1) is 14.5.